The third kappa shape index (κ3) is 4.46. The predicted octanol–water partition coefficient (Wildman–Crippen LogP) is 5.64. The van der Waals surface area contributed by atoms with Gasteiger partial charge >= 0.3 is 11.6 Å². The molecule has 35 heavy (non-hydrogen) atoms. The molecule has 0 bridgehead atoms. The lowest BCUT2D eigenvalue weighted by molar-refractivity contribution is -0.179. The van der Waals surface area contributed by atoms with Gasteiger partial charge in [0, 0.05) is 40.8 Å². The molecule has 2 aliphatic rings. The van der Waals surface area contributed by atoms with E-state index in [4.69, 9.17) is 13.9 Å². The first kappa shape index (κ1) is 25.0. The number of esters is 1. The number of carbonyl (C=O) groups excluding carboxylic acids is 2. The topological polar surface area (TPSA) is 82.8 Å². The number of ether oxygens (including phenoxy) is 2. The molecule has 6 heteroatoms. The van der Waals surface area contributed by atoms with E-state index in [0.717, 1.165) is 11.8 Å². The Labute approximate surface area is 206 Å². The first-order valence-corrected chi connectivity index (χ1v) is 12.2. The van der Waals surface area contributed by atoms with Crippen LogP contribution in [0, 0.1) is 22.7 Å². The molecule has 0 radical (unpaired) electrons. The number of Topliss-reactive ketones (excluding diaryl/α,β-unsaturated/α-hetero) is 1. The summed E-state index contributed by atoms with van der Waals surface area (Å²) in [5.74, 6) is 0.270. The van der Waals surface area contributed by atoms with Crippen LogP contribution in [0.25, 0.3) is 11.0 Å². The van der Waals surface area contributed by atoms with E-state index in [1.807, 2.05) is 26.0 Å². The standard InChI is InChI=1S/C29H34O6/c1-7-17(2)27(32)35-26-22(30)15-29(6)21(18(3)8-12-24(29)28(26,4)5)16-33-20-11-9-19-10-13-25(31)34-23(19)14-20/h7-11,13-14,21,24,26H,12,15-16H2,1-6H3. The van der Waals surface area contributed by atoms with Crippen LogP contribution in [0.4, 0.5) is 0 Å². The summed E-state index contributed by atoms with van der Waals surface area (Å²) in [4.78, 5) is 37.5. The second-order valence-corrected chi connectivity index (χ2v) is 10.8. The smallest absolute Gasteiger partial charge is 0.336 e. The van der Waals surface area contributed by atoms with Gasteiger partial charge in [-0.1, -0.05) is 38.5 Å². The number of allylic oxidation sites excluding steroid dienone is 2. The van der Waals surface area contributed by atoms with Crippen molar-refractivity contribution in [2.75, 3.05) is 6.61 Å². The molecule has 1 saturated carbocycles. The number of hydrogen-bond acceptors (Lipinski definition) is 6. The minimum Gasteiger partial charge on any atom is -0.493 e. The number of rotatable bonds is 5. The second-order valence-electron chi connectivity index (χ2n) is 10.8. The fourth-order valence-electron chi connectivity index (χ4n) is 6.11. The maximum atomic E-state index is 13.4. The monoisotopic (exact) mass is 478 g/mol. The average molecular weight is 479 g/mol. The largest absolute Gasteiger partial charge is 0.493 e. The van der Waals surface area contributed by atoms with Crippen LogP contribution >= 0.6 is 0 Å². The summed E-state index contributed by atoms with van der Waals surface area (Å²) >= 11 is 0. The summed E-state index contributed by atoms with van der Waals surface area (Å²) in [6.07, 6.45) is 4.29. The molecule has 6 nitrogen and oxygen atoms in total. The summed E-state index contributed by atoms with van der Waals surface area (Å²) in [7, 11) is 0. The van der Waals surface area contributed by atoms with E-state index in [9.17, 15) is 14.4 Å². The SMILES string of the molecule is CC=C(C)C(=O)OC1C(=O)CC2(C)C(COc3ccc4ccc(=O)oc4c3)C(C)=CCC2C1(C)C. The van der Waals surface area contributed by atoms with E-state index in [1.54, 1.807) is 32.1 Å². The Balaban J connectivity index is 1.59. The molecule has 0 saturated heterocycles. The molecule has 0 amide bonds. The van der Waals surface area contributed by atoms with Gasteiger partial charge in [0.25, 0.3) is 0 Å². The zero-order valence-electron chi connectivity index (χ0n) is 21.3. The molecule has 1 fully saturated rings. The van der Waals surface area contributed by atoms with Crippen LogP contribution < -0.4 is 10.4 Å². The maximum Gasteiger partial charge on any atom is 0.336 e. The minimum absolute atomic E-state index is 0.0110. The van der Waals surface area contributed by atoms with Gasteiger partial charge in [-0.05, 0) is 56.7 Å². The second kappa shape index (κ2) is 9.14. The van der Waals surface area contributed by atoms with Gasteiger partial charge in [0.05, 0.1) is 6.61 Å². The quantitative estimate of drug-likeness (QED) is 0.239. The van der Waals surface area contributed by atoms with Crippen LogP contribution in [-0.2, 0) is 14.3 Å². The van der Waals surface area contributed by atoms with Crippen molar-refractivity contribution in [1.29, 1.82) is 0 Å². The lowest BCUT2D eigenvalue weighted by Gasteiger charge is -2.57. The first-order valence-electron chi connectivity index (χ1n) is 12.2. The van der Waals surface area contributed by atoms with Crippen molar-refractivity contribution in [2.24, 2.45) is 22.7 Å². The average Bonchev–Trinajstić information content (AvgIpc) is 2.80. The lowest BCUT2D eigenvalue weighted by atomic mass is 9.47. The minimum atomic E-state index is -0.778. The summed E-state index contributed by atoms with van der Waals surface area (Å²) in [6.45, 7) is 12.2. The molecule has 0 N–H and O–H groups in total. The van der Waals surface area contributed by atoms with Crippen LogP contribution in [0.5, 0.6) is 5.75 Å². The molecule has 0 aliphatic heterocycles. The Morgan fingerprint density at radius 3 is 2.60 bits per heavy atom. The molecule has 4 rings (SSSR count). The van der Waals surface area contributed by atoms with Crippen LogP contribution in [0.2, 0.25) is 0 Å². The summed E-state index contributed by atoms with van der Waals surface area (Å²) in [5.41, 5.74) is 0.888. The molecule has 4 unspecified atom stereocenters. The summed E-state index contributed by atoms with van der Waals surface area (Å²) < 4.78 is 17.3. The molecule has 1 aromatic heterocycles. The Morgan fingerprint density at radius 1 is 1.17 bits per heavy atom. The van der Waals surface area contributed by atoms with Gasteiger partial charge in [-0.3, -0.25) is 4.79 Å². The Hall–Kier alpha value is -3.15. The molecule has 4 atom stereocenters. The van der Waals surface area contributed by atoms with Crippen molar-refractivity contribution < 1.29 is 23.5 Å². The third-order valence-corrected chi connectivity index (χ3v) is 8.23. The zero-order valence-corrected chi connectivity index (χ0v) is 21.3. The van der Waals surface area contributed by atoms with E-state index in [-0.39, 0.29) is 23.0 Å². The first-order chi connectivity index (χ1) is 16.5. The van der Waals surface area contributed by atoms with E-state index in [1.165, 1.54) is 11.6 Å². The van der Waals surface area contributed by atoms with E-state index in [2.05, 4.69) is 19.9 Å². The fraction of sp³-hybridized carbons (Fsp3) is 0.483. The Bertz CT molecular complexity index is 1280. The molecule has 2 aliphatic carbocycles. The lowest BCUT2D eigenvalue weighted by Crippen LogP contribution is -2.59. The molecule has 186 valence electrons. The van der Waals surface area contributed by atoms with E-state index < -0.39 is 23.1 Å². The Morgan fingerprint density at radius 2 is 1.89 bits per heavy atom. The molecule has 0 spiro atoms. The highest BCUT2D eigenvalue weighted by Crippen LogP contribution is 2.59. The molecular weight excluding hydrogens is 444 g/mol. The molecular formula is C29H34O6. The van der Waals surface area contributed by atoms with Crippen LogP contribution in [0.15, 0.2) is 62.8 Å². The number of fused-ring (bicyclic) bond motifs is 2. The van der Waals surface area contributed by atoms with Crippen LogP contribution in [0.3, 0.4) is 0 Å². The van der Waals surface area contributed by atoms with Gasteiger partial charge in [0.1, 0.15) is 11.3 Å². The van der Waals surface area contributed by atoms with Crippen molar-refractivity contribution >= 4 is 22.7 Å². The van der Waals surface area contributed by atoms with Gasteiger partial charge in [-0.25, -0.2) is 9.59 Å². The van der Waals surface area contributed by atoms with Crippen molar-refractivity contribution in [2.45, 2.75) is 60.5 Å². The van der Waals surface area contributed by atoms with Gasteiger partial charge in [0.15, 0.2) is 11.9 Å². The summed E-state index contributed by atoms with van der Waals surface area (Å²) in [6, 6.07) is 8.57. The van der Waals surface area contributed by atoms with Crippen molar-refractivity contribution in [1.82, 2.24) is 0 Å². The van der Waals surface area contributed by atoms with Gasteiger partial charge in [-0.2, -0.15) is 0 Å². The Kier molecular flexibility index (Phi) is 6.52. The number of carbonyl (C=O) groups is 2. The number of benzene rings is 1. The zero-order chi connectivity index (χ0) is 25.5. The van der Waals surface area contributed by atoms with Crippen LogP contribution in [0.1, 0.15) is 54.4 Å². The summed E-state index contributed by atoms with van der Waals surface area (Å²) in [5, 5.41) is 0.825. The highest BCUT2D eigenvalue weighted by molar-refractivity contribution is 5.93. The van der Waals surface area contributed by atoms with Crippen molar-refractivity contribution in [3.05, 3.63) is 64.1 Å². The molecule has 2 aromatic rings. The predicted molar refractivity (Wildman–Crippen MR) is 134 cm³/mol. The fourth-order valence-corrected chi connectivity index (χ4v) is 6.11. The number of ketones is 1. The highest BCUT2D eigenvalue weighted by atomic mass is 16.5. The molecule has 1 heterocycles. The highest BCUT2D eigenvalue weighted by Gasteiger charge is 2.60. The maximum absolute atomic E-state index is 13.4. The van der Waals surface area contributed by atoms with Gasteiger partial charge in [0.2, 0.25) is 0 Å². The van der Waals surface area contributed by atoms with E-state index >= 15 is 0 Å². The van der Waals surface area contributed by atoms with Crippen LogP contribution in [-0.4, -0.2) is 24.5 Å². The normalized spacial score (nSPS) is 28.3. The molecule has 1 aromatic carbocycles. The van der Waals surface area contributed by atoms with Gasteiger partial charge in [-0.15, -0.1) is 0 Å². The van der Waals surface area contributed by atoms with Gasteiger partial charge < -0.3 is 13.9 Å². The van der Waals surface area contributed by atoms with E-state index in [0.29, 0.717) is 29.9 Å². The number of hydrogen-bond donors (Lipinski definition) is 0. The van der Waals surface area contributed by atoms with Crippen molar-refractivity contribution in [3.8, 4) is 5.75 Å². The third-order valence-electron chi connectivity index (χ3n) is 8.23. The van der Waals surface area contributed by atoms with Crippen molar-refractivity contribution in [3.63, 3.8) is 0 Å².